The first-order valence-electron chi connectivity index (χ1n) is 11.8. The van der Waals surface area contributed by atoms with Gasteiger partial charge in [-0.1, -0.05) is 24.3 Å². The molecule has 1 saturated heterocycles. The third kappa shape index (κ3) is 5.56. The number of rotatable bonds is 8. The Kier molecular flexibility index (Phi) is 7.80. The number of anilines is 2. The number of nitrogens with zero attached hydrogens (tertiary/aromatic N) is 4. The minimum Gasteiger partial charge on any atom is -0.495 e. The molecule has 0 radical (unpaired) electrons. The van der Waals surface area contributed by atoms with Crippen molar-refractivity contribution < 1.29 is 19.4 Å². The zero-order valence-corrected chi connectivity index (χ0v) is 19.6. The minimum atomic E-state index is -0.889. The Morgan fingerprint density at radius 2 is 1.88 bits per heavy atom. The molecule has 1 amide bonds. The lowest BCUT2D eigenvalue weighted by molar-refractivity contribution is -0.133. The van der Waals surface area contributed by atoms with Gasteiger partial charge in [0.1, 0.15) is 11.6 Å². The Hall–Kier alpha value is -3.39. The smallest absolute Gasteiger partial charge is 0.331 e. The molecule has 34 heavy (non-hydrogen) atoms. The van der Waals surface area contributed by atoms with Gasteiger partial charge in [-0.25, -0.2) is 9.78 Å². The third-order valence-corrected chi connectivity index (χ3v) is 6.66. The second kappa shape index (κ2) is 11.2. The van der Waals surface area contributed by atoms with Crippen LogP contribution in [0.5, 0.6) is 5.75 Å². The maximum Gasteiger partial charge on any atom is 0.331 e. The van der Waals surface area contributed by atoms with Crippen molar-refractivity contribution >= 4 is 23.4 Å². The van der Waals surface area contributed by atoms with Gasteiger partial charge in [0.05, 0.1) is 12.8 Å². The van der Waals surface area contributed by atoms with E-state index in [2.05, 4.69) is 20.9 Å². The van der Waals surface area contributed by atoms with Gasteiger partial charge in [0.25, 0.3) is 0 Å². The number of ether oxygens (including phenoxy) is 1. The monoisotopic (exact) mass is 464 g/mol. The number of carbonyl (C=O) groups excluding carboxylic acids is 1. The molecule has 1 unspecified atom stereocenters. The van der Waals surface area contributed by atoms with Crippen LogP contribution in [0.25, 0.3) is 0 Å². The molecule has 1 aliphatic carbocycles. The van der Waals surface area contributed by atoms with E-state index in [1.54, 1.807) is 24.3 Å². The molecular formula is C26H32N4O4. The summed E-state index contributed by atoms with van der Waals surface area (Å²) >= 11 is 0. The predicted octanol–water partition coefficient (Wildman–Crippen LogP) is 3.06. The van der Waals surface area contributed by atoms with E-state index in [4.69, 9.17) is 4.74 Å². The van der Waals surface area contributed by atoms with Gasteiger partial charge in [-0.2, -0.15) is 0 Å². The van der Waals surface area contributed by atoms with Crippen molar-refractivity contribution in [1.82, 2.24) is 9.88 Å². The summed E-state index contributed by atoms with van der Waals surface area (Å²) in [6.45, 7) is 4.89. The zero-order valence-electron chi connectivity index (χ0n) is 19.6. The SMILES string of the molecule is COc1ccccc1N1CCN(CCN(C(=O)C2CC=C(C(=O)O)CC2)c2ccccn2)CC1. The lowest BCUT2D eigenvalue weighted by Crippen LogP contribution is -2.49. The molecular weight excluding hydrogens is 432 g/mol. The van der Waals surface area contributed by atoms with Crippen molar-refractivity contribution in [3.63, 3.8) is 0 Å². The van der Waals surface area contributed by atoms with E-state index in [0.29, 0.717) is 37.2 Å². The van der Waals surface area contributed by atoms with E-state index in [9.17, 15) is 14.7 Å². The largest absolute Gasteiger partial charge is 0.495 e. The molecule has 0 bridgehead atoms. The van der Waals surface area contributed by atoms with Crippen LogP contribution >= 0.6 is 0 Å². The van der Waals surface area contributed by atoms with E-state index in [1.807, 2.05) is 36.4 Å². The molecule has 0 saturated carbocycles. The Morgan fingerprint density at radius 3 is 2.53 bits per heavy atom. The summed E-state index contributed by atoms with van der Waals surface area (Å²) in [4.78, 5) is 35.6. The standard InChI is InChI=1S/C26H32N4O4/c1-34-23-7-3-2-6-22(23)29-17-14-28(15-18-29)16-19-30(24-8-4-5-13-27-24)25(31)20-9-11-21(12-10-20)26(32)33/h2-8,11,13,20H,9-10,12,14-19H2,1H3,(H,32,33). The fourth-order valence-electron chi connectivity index (χ4n) is 4.67. The molecule has 0 spiro atoms. The van der Waals surface area contributed by atoms with Crippen molar-refractivity contribution in [2.75, 3.05) is 56.2 Å². The average Bonchev–Trinajstić information content (AvgIpc) is 2.89. The van der Waals surface area contributed by atoms with E-state index in [0.717, 1.165) is 44.2 Å². The van der Waals surface area contributed by atoms with Gasteiger partial charge in [0, 0.05) is 57.0 Å². The number of carboxylic acids is 1. The van der Waals surface area contributed by atoms with Crippen molar-refractivity contribution in [3.8, 4) is 5.75 Å². The van der Waals surface area contributed by atoms with E-state index >= 15 is 0 Å². The summed E-state index contributed by atoms with van der Waals surface area (Å²) in [5.74, 6) is 0.447. The van der Waals surface area contributed by atoms with Gasteiger partial charge >= 0.3 is 5.97 Å². The fraction of sp³-hybridized carbons (Fsp3) is 0.423. The molecule has 180 valence electrons. The first-order valence-corrected chi connectivity index (χ1v) is 11.8. The highest BCUT2D eigenvalue weighted by Gasteiger charge is 2.29. The molecule has 1 fully saturated rings. The molecule has 2 aliphatic rings. The van der Waals surface area contributed by atoms with Crippen LogP contribution in [0.2, 0.25) is 0 Å². The molecule has 1 aromatic heterocycles. The molecule has 8 heteroatoms. The number of aromatic nitrogens is 1. The second-order valence-corrected chi connectivity index (χ2v) is 8.68. The molecule has 4 rings (SSSR count). The van der Waals surface area contributed by atoms with Gasteiger partial charge < -0.3 is 14.7 Å². The number of carboxylic acid groups (broad SMARTS) is 1. The fourth-order valence-corrected chi connectivity index (χ4v) is 4.67. The normalized spacial score (nSPS) is 18.8. The number of hydrogen-bond acceptors (Lipinski definition) is 6. The van der Waals surface area contributed by atoms with Crippen molar-refractivity contribution in [2.45, 2.75) is 19.3 Å². The first-order chi connectivity index (χ1) is 16.6. The highest BCUT2D eigenvalue weighted by Crippen LogP contribution is 2.29. The Bertz CT molecular complexity index is 1020. The van der Waals surface area contributed by atoms with Crippen LogP contribution in [0.4, 0.5) is 11.5 Å². The number of pyridine rings is 1. The third-order valence-electron chi connectivity index (χ3n) is 6.66. The van der Waals surface area contributed by atoms with E-state index in [1.165, 1.54) is 0 Å². The summed E-state index contributed by atoms with van der Waals surface area (Å²) in [6, 6.07) is 13.7. The summed E-state index contributed by atoms with van der Waals surface area (Å²) in [5.41, 5.74) is 1.52. The molecule has 1 N–H and O–H groups in total. The number of benzene rings is 1. The number of para-hydroxylation sites is 2. The highest BCUT2D eigenvalue weighted by atomic mass is 16.5. The average molecular weight is 465 g/mol. The number of carbonyl (C=O) groups is 2. The lowest BCUT2D eigenvalue weighted by atomic mass is 9.88. The van der Waals surface area contributed by atoms with Gasteiger partial charge in [-0.15, -0.1) is 0 Å². The minimum absolute atomic E-state index is 0.0204. The van der Waals surface area contributed by atoms with Gasteiger partial charge in [-0.3, -0.25) is 14.6 Å². The summed E-state index contributed by atoms with van der Waals surface area (Å²) in [6.07, 6.45) is 4.83. The number of allylic oxidation sites excluding steroid dienone is 1. The number of amides is 1. The van der Waals surface area contributed by atoms with Crippen LogP contribution in [0.1, 0.15) is 19.3 Å². The van der Waals surface area contributed by atoms with Crippen LogP contribution in [0, 0.1) is 5.92 Å². The van der Waals surface area contributed by atoms with Crippen LogP contribution < -0.4 is 14.5 Å². The molecule has 1 aliphatic heterocycles. The summed E-state index contributed by atoms with van der Waals surface area (Å²) < 4.78 is 5.51. The van der Waals surface area contributed by atoms with Crippen molar-refractivity contribution in [2.24, 2.45) is 5.92 Å². The Morgan fingerprint density at radius 1 is 1.12 bits per heavy atom. The number of piperazine rings is 1. The molecule has 8 nitrogen and oxygen atoms in total. The Balaban J connectivity index is 1.37. The van der Waals surface area contributed by atoms with Crippen molar-refractivity contribution in [1.29, 1.82) is 0 Å². The van der Waals surface area contributed by atoms with Gasteiger partial charge in [0.15, 0.2) is 0 Å². The quantitative estimate of drug-likeness (QED) is 0.643. The summed E-state index contributed by atoms with van der Waals surface area (Å²) in [7, 11) is 1.70. The van der Waals surface area contributed by atoms with Crippen LogP contribution in [-0.2, 0) is 9.59 Å². The number of hydrogen-bond donors (Lipinski definition) is 1. The second-order valence-electron chi connectivity index (χ2n) is 8.68. The highest BCUT2D eigenvalue weighted by molar-refractivity contribution is 5.95. The zero-order chi connectivity index (χ0) is 23.9. The molecule has 2 aromatic rings. The van der Waals surface area contributed by atoms with Crippen molar-refractivity contribution in [3.05, 3.63) is 60.3 Å². The van der Waals surface area contributed by atoms with E-state index < -0.39 is 5.97 Å². The van der Waals surface area contributed by atoms with Crippen LogP contribution in [-0.4, -0.2) is 73.2 Å². The number of aliphatic carboxylic acids is 1. The number of methoxy groups -OCH3 is 1. The van der Waals surface area contributed by atoms with Gasteiger partial charge in [-0.05, 0) is 43.5 Å². The molecule has 2 heterocycles. The first kappa shape index (κ1) is 23.8. The van der Waals surface area contributed by atoms with Crippen LogP contribution in [0.3, 0.4) is 0 Å². The maximum absolute atomic E-state index is 13.4. The van der Waals surface area contributed by atoms with Gasteiger partial charge in [0.2, 0.25) is 5.91 Å². The molecule has 1 aromatic carbocycles. The van der Waals surface area contributed by atoms with E-state index in [-0.39, 0.29) is 11.8 Å². The predicted molar refractivity (Wildman–Crippen MR) is 131 cm³/mol. The molecule has 1 atom stereocenters. The topological polar surface area (TPSA) is 86.2 Å². The lowest BCUT2D eigenvalue weighted by Gasteiger charge is -2.37. The Labute approximate surface area is 200 Å². The summed E-state index contributed by atoms with van der Waals surface area (Å²) in [5, 5.41) is 9.21. The maximum atomic E-state index is 13.4. The van der Waals surface area contributed by atoms with Crippen LogP contribution in [0.15, 0.2) is 60.3 Å².